The summed E-state index contributed by atoms with van der Waals surface area (Å²) in [6.45, 7) is 2.10. The van der Waals surface area contributed by atoms with Crippen molar-refractivity contribution in [3.63, 3.8) is 0 Å². The third-order valence-corrected chi connectivity index (χ3v) is 2.43. The summed E-state index contributed by atoms with van der Waals surface area (Å²) in [5.74, 6) is -1.12. The van der Waals surface area contributed by atoms with Crippen LogP contribution in [-0.4, -0.2) is 0 Å². The summed E-state index contributed by atoms with van der Waals surface area (Å²) in [4.78, 5) is 0. The first-order chi connectivity index (χ1) is 7.13. The number of rotatable bonds is 5. The van der Waals surface area contributed by atoms with Crippen molar-refractivity contribution in [2.24, 2.45) is 5.73 Å². The molecule has 0 aliphatic carbocycles. The molecule has 0 radical (unpaired) electrons. The molecule has 0 saturated carbocycles. The van der Waals surface area contributed by atoms with Crippen LogP contribution in [0.25, 0.3) is 0 Å². The standard InChI is InChI=1S/C12H17F2N/c1-2-3-4-5-12(15)9-6-10(13)8-11(14)7-9/h6-8,12H,2-5,15H2,1H3/t12-/m0/s1. The highest BCUT2D eigenvalue weighted by Gasteiger charge is 2.08. The lowest BCUT2D eigenvalue weighted by molar-refractivity contribution is 0.552. The predicted molar refractivity (Wildman–Crippen MR) is 57.4 cm³/mol. The van der Waals surface area contributed by atoms with Crippen LogP contribution in [0.1, 0.15) is 44.2 Å². The van der Waals surface area contributed by atoms with Crippen molar-refractivity contribution in [3.8, 4) is 0 Å². The van der Waals surface area contributed by atoms with E-state index in [1.54, 1.807) is 0 Å². The fraction of sp³-hybridized carbons (Fsp3) is 0.500. The van der Waals surface area contributed by atoms with E-state index in [0.29, 0.717) is 5.56 Å². The summed E-state index contributed by atoms with van der Waals surface area (Å²) in [6, 6.07) is 3.21. The minimum Gasteiger partial charge on any atom is -0.324 e. The summed E-state index contributed by atoms with van der Waals surface area (Å²) in [7, 11) is 0. The maximum Gasteiger partial charge on any atom is 0.126 e. The molecule has 2 N–H and O–H groups in total. The number of hydrogen-bond donors (Lipinski definition) is 1. The molecule has 0 heterocycles. The van der Waals surface area contributed by atoms with Crippen LogP contribution in [0.2, 0.25) is 0 Å². The molecule has 1 aromatic rings. The van der Waals surface area contributed by atoms with Gasteiger partial charge < -0.3 is 5.73 Å². The summed E-state index contributed by atoms with van der Waals surface area (Å²) in [5.41, 5.74) is 6.39. The zero-order chi connectivity index (χ0) is 11.3. The van der Waals surface area contributed by atoms with Gasteiger partial charge in [0.1, 0.15) is 11.6 Å². The third-order valence-electron chi connectivity index (χ3n) is 2.43. The Morgan fingerprint density at radius 3 is 2.27 bits per heavy atom. The van der Waals surface area contributed by atoms with Gasteiger partial charge in [-0.15, -0.1) is 0 Å². The zero-order valence-corrected chi connectivity index (χ0v) is 8.97. The molecule has 1 nitrogen and oxygen atoms in total. The van der Waals surface area contributed by atoms with Gasteiger partial charge in [-0.1, -0.05) is 26.2 Å². The average molecular weight is 213 g/mol. The molecule has 0 aliphatic heterocycles. The van der Waals surface area contributed by atoms with E-state index in [4.69, 9.17) is 5.73 Å². The number of hydrogen-bond acceptors (Lipinski definition) is 1. The molecular formula is C12H17F2N. The molecule has 0 amide bonds. The fourth-order valence-corrected chi connectivity index (χ4v) is 1.57. The van der Waals surface area contributed by atoms with E-state index >= 15 is 0 Å². The van der Waals surface area contributed by atoms with Crippen LogP contribution in [-0.2, 0) is 0 Å². The van der Waals surface area contributed by atoms with E-state index in [-0.39, 0.29) is 6.04 Å². The monoisotopic (exact) mass is 213 g/mol. The van der Waals surface area contributed by atoms with Gasteiger partial charge in [0.05, 0.1) is 0 Å². The molecule has 3 heteroatoms. The van der Waals surface area contributed by atoms with Crippen LogP contribution in [0, 0.1) is 11.6 Å². The number of unbranched alkanes of at least 4 members (excludes halogenated alkanes) is 2. The van der Waals surface area contributed by atoms with Crippen molar-refractivity contribution in [2.45, 2.75) is 38.6 Å². The van der Waals surface area contributed by atoms with Crippen LogP contribution in [0.3, 0.4) is 0 Å². The van der Waals surface area contributed by atoms with Crippen molar-refractivity contribution < 1.29 is 8.78 Å². The molecule has 15 heavy (non-hydrogen) atoms. The van der Waals surface area contributed by atoms with Crippen molar-refractivity contribution in [1.82, 2.24) is 0 Å². The Kier molecular flexibility index (Phi) is 4.69. The van der Waals surface area contributed by atoms with Crippen molar-refractivity contribution in [1.29, 1.82) is 0 Å². The summed E-state index contributed by atoms with van der Waals surface area (Å²) < 4.78 is 25.8. The van der Waals surface area contributed by atoms with Crippen LogP contribution in [0.15, 0.2) is 18.2 Å². The van der Waals surface area contributed by atoms with Crippen molar-refractivity contribution >= 4 is 0 Å². The lowest BCUT2D eigenvalue weighted by Crippen LogP contribution is -2.10. The minimum atomic E-state index is -0.559. The molecule has 0 aromatic heterocycles. The van der Waals surface area contributed by atoms with Gasteiger partial charge in [0.2, 0.25) is 0 Å². The lowest BCUT2D eigenvalue weighted by atomic mass is 10.0. The molecular weight excluding hydrogens is 196 g/mol. The van der Waals surface area contributed by atoms with E-state index in [0.717, 1.165) is 31.7 Å². The molecule has 1 aromatic carbocycles. The van der Waals surface area contributed by atoms with Crippen molar-refractivity contribution in [3.05, 3.63) is 35.4 Å². The van der Waals surface area contributed by atoms with Gasteiger partial charge in [0.25, 0.3) is 0 Å². The first kappa shape index (κ1) is 12.1. The Balaban J connectivity index is 2.60. The largest absolute Gasteiger partial charge is 0.324 e. The molecule has 0 fully saturated rings. The quantitative estimate of drug-likeness (QED) is 0.744. The predicted octanol–water partition coefficient (Wildman–Crippen LogP) is 3.54. The van der Waals surface area contributed by atoms with Gasteiger partial charge in [-0.2, -0.15) is 0 Å². The minimum absolute atomic E-state index is 0.262. The molecule has 0 bridgehead atoms. The van der Waals surface area contributed by atoms with Gasteiger partial charge in [-0.25, -0.2) is 8.78 Å². The SMILES string of the molecule is CCCCC[C@H](N)c1cc(F)cc(F)c1. The van der Waals surface area contributed by atoms with Crippen LogP contribution in [0.4, 0.5) is 8.78 Å². The van der Waals surface area contributed by atoms with E-state index in [2.05, 4.69) is 6.92 Å². The highest BCUT2D eigenvalue weighted by atomic mass is 19.1. The van der Waals surface area contributed by atoms with E-state index in [9.17, 15) is 8.78 Å². The van der Waals surface area contributed by atoms with Crippen LogP contribution < -0.4 is 5.73 Å². The molecule has 0 unspecified atom stereocenters. The second kappa shape index (κ2) is 5.81. The Morgan fingerprint density at radius 2 is 1.73 bits per heavy atom. The molecule has 1 rings (SSSR count). The highest BCUT2D eigenvalue weighted by molar-refractivity contribution is 5.20. The van der Waals surface area contributed by atoms with E-state index in [1.165, 1.54) is 12.1 Å². The first-order valence-corrected chi connectivity index (χ1v) is 5.35. The summed E-state index contributed by atoms with van der Waals surface area (Å²) in [5, 5.41) is 0. The topological polar surface area (TPSA) is 26.0 Å². The summed E-state index contributed by atoms with van der Waals surface area (Å²) in [6.07, 6.45) is 3.99. The van der Waals surface area contributed by atoms with Gasteiger partial charge in [0.15, 0.2) is 0 Å². The molecule has 0 aliphatic rings. The van der Waals surface area contributed by atoms with E-state index < -0.39 is 11.6 Å². The molecule has 0 spiro atoms. The maximum atomic E-state index is 12.9. The zero-order valence-electron chi connectivity index (χ0n) is 8.97. The lowest BCUT2D eigenvalue weighted by Gasteiger charge is -2.11. The smallest absolute Gasteiger partial charge is 0.126 e. The molecule has 0 saturated heterocycles. The van der Waals surface area contributed by atoms with Gasteiger partial charge in [-0.3, -0.25) is 0 Å². The summed E-state index contributed by atoms with van der Waals surface area (Å²) >= 11 is 0. The second-order valence-corrected chi connectivity index (χ2v) is 3.81. The Labute approximate surface area is 89.3 Å². The van der Waals surface area contributed by atoms with Crippen molar-refractivity contribution in [2.75, 3.05) is 0 Å². The Bertz CT molecular complexity index is 292. The second-order valence-electron chi connectivity index (χ2n) is 3.81. The fourth-order valence-electron chi connectivity index (χ4n) is 1.57. The van der Waals surface area contributed by atoms with E-state index in [1.807, 2.05) is 0 Å². The molecule has 1 atom stereocenters. The number of nitrogens with two attached hydrogens (primary N) is 1. The average Bonchev–Trinajstić information content (AvgIpc) is 2.16. The van der Waals surface area contributed by atoms with Crippen LogP contribution in [0.5, 0.6) is 0 Å². The molecule has 84 valence electrons. The first-order valence-electron chi connectivity index (χ1n) is 5.35. The van der Waals surface area contributed by atoms with Crippen LogP contribution >= 0.6 is 0 Å². The Hall–Kier alpha value is -0.960. The maximum absolute atomic E-state index is 12.9. The highest BCUT2D eigenvalue weighted by Crippen LogP contribution is 2.19. The van der Waals surface area contributed by atoms with Gasteiger partial charge >= 0.3 is 0 Å². The van der Waals surface area contributed by atoms with Gasteiger partial charge in [0, 0.05) is 12.1 Å². The van der Waals surface area contributed by atoms with Gasteiger partial charge in [-0.05, 0) is 24.1 Å². The number of benzene rings is 1. The Morgan fingerprint density at radius 1 is 1.13 bits per heavy atom. The third kappa shape index (κ3) is 3.96. The normalized spacial score (nSPS) is 12.8. The number of halogens is 2.